The Kier molecular flexibility index (Phi) is 6.42. The number of hydrogen-bond acceptors (Lipinski definition) is 7. The molecule has 210 valence electrons. The van der Waals surface area contributed by atoms with E-state index in [0.717, 1.165) is 48.1 Å². The number of ether oxygens (including phenoxy) is 1. The van der Waals surface area contributed by atoms with Crippen LogP contribution in [0.25, 0.3) is 28.0 Å². The molecule has 0 spiro atoms. The van der Waals surface area contributed by atoms with Gasteiger partial charge in [-0.25, -0.2) is 9.78 Å². The Labute approximate surface area is 238 Å². The third kappa shape index (κ3) is 4.42. The minimum atomic E-state index is -0.128. The van der Waals surface area contributed by atoms with Gasteiger partial charge in [0, 0.05) is 54.0 Å². The molecule has 4 aromatic rings. The van der Waals surface area contributed by atoms with Gasteiger partial charge in [-0.1, -0.05) is 36.4 Å². The molecule has 3 saturated heterocycles. The number of Topliss-reactive ketones (excluding diaryl/α,β-unsaturated/α-hetero) is 1. The highest BCUT2D eigenvalue weighted by atomic mass is 16.5. The Bertz CT molecular complexity index is 1600. The highest BCUT2D eigenvalue weighted by Crippen LogP contribution is 2.45. The number of nitrogens with two attached hydrogens (primary N) is 1. The fourth-order valence-corrected chi connectivity index (χ4v) is 6.86. The summed E-state index contributed by atoms with van der Waals surface area (Å²) in [5.41, 5.74) is 12.0. The summed E-state index contributed by atoms with van der Waals surface area (Å²) in [5, 5.41) is 4.51. The average Bonchev–Trinajstić information content (AvgIpc) is 3.55. The summed E-state index contributed by atoms with van der Waals surface area (Å²) in [6.45, 7) is 3.96. The maximum Gasteiger partial charge on any atom is 0.320 e. The van der Waals surface area contributed by atoms with E-state index in [4.69, 9.17) is 15.5 Å². The van der Waals surface area contributed by atoms with Crippen LogP contribution in [0.15, 0.2) is 54.9 Å². The molecular formula is C31H33N7O3. The highest BCUT2D eigenvalue weighted by Gasteiger charge is 2.46. The number of aromatic nitrogens is 4. The number of carbonyl (C=O) groups excluding carboxylic acids is 2. The van der Waals surface area contributed by atoms with E-state index in [9.17, 15) is 9.59 Å². The van der Waals surface area contributed by atoms with Gasteiger partial charge >= 0.3 is 6.03 Å². The molecule has 41 heavy (non-hydrogen) atoms. The number of rotatable bonds is 4. The second-order valence-corrected chi connectivity index (χ2v) is 11.2. The Morgan fingerprint density at radius 1 is 0.951 bits per heavy atom. The van der Waals surface area contributed by atoms with E-state index in [0.29, 0.717) is 49.0 Å². The van der Waals surface area contributed by atoms with Crippen molar-refractivity contribution in [1.29, 1.82) is 0 Å². The topological polar surface area (TPSA) is 119 Å². The van der Waals surface area contributed by atoms with Gasteiger partial charge in [-0.2, -0.15) is 9.61 Å². The normalized spacial score (nSPS) is 22.3. The molecule has 3 aliphatic heterocycles. The zero-order valence-electron chi connectivity index (χ0n) is 23.1. The molecule has 3 aliphatic rings. The summed E-state index contributed by atoms with van der Waals surface area (Å²) in [4.78, 5) is 40.1. The van der Waals surface area contributed by atoms with Crippen LogP contribution in [0.3, 0.4) is 0 Å². The molecule has 2 bridgehead atoms. The molecule has 6 heterocycles. The van der Waals surface area contributed by atoms with E-state index in [-0.39, 0.29) is 29.8 Å². The number of ketones is 1. The van der Waals surface area contributed by atoms with Crippen molar-refractivity contribution in [3.63, 3.8) is 0 Å². The summed E-state index contributed by atoms with van der Waals surface area (Å²) in [7, 11) is 0. The summed E-state index contributed by atoms with van der Waals surface area (Å²) < 4.78 is 7.01. The van der Waals surface area contributed by atoms with Gasteiger partial charge in [0.25, 0.3) is 0 Å². The van der Waals surface area contributed by atoms with Crippen molar-refractivity contribution >= 4 is 23.3 Å². The summed E-state index contributed by atoms with van der Waals surface area (Å²) in [5.74, 6) is 0.197. The number of hydrogen-bond donors (Lipinski definition) is 1. The smallest absolute Gasteiger partial charge is 0.320 e. The molecule has 10 nitrogen and oxygen atoms in total. The maximum absolute atomic E-state index is 13.4. The van der Waals surface area contributed by atoms with Crippen molar-refractivity contribution in [2.45, 2.75) is 50.6 Å². The van der Waals surface area contributed by atoms with Crippen LogP contribution in [0.4, 0.5) is 10.6 Å². The van der Waals surface area contributed by atoms with E-state index in [1.54, 1.807) is 10.7 Å². The molecular weight excluding hydrogens is 518 g/mol. The van der Waals surface area contributed by atoms with E-state index in [1.807, 2.05) is 53.6 Å². The summed E-state index contributed by atoms with van der Waals surface area (Å²) in [6.07, 6.45) is 6.99. The van der Waals surface area contributed by atoms with E-state index in [2.05, 4.69) is 15.0 Å². The molecule has 1 unspecified atom stereocenters. The second-order valence-electron chi connectivity index (χ2n) is 11.2. The SMILES string of the molecule is CC(=O)c1c([C@@H]2CC3CC[C@@H](C2)N3C(=O)N2CCOCC2)nc2c(-c3ccc(-c4ccccc4)nc3)cnn2c1N. The first-order chi connectivity index (χ1) is 20.0. The minimum absolute atomic E-state index is 0.0220. The predicted octanol–water partition coefficient (Wildman–Crippen LogP) is 4.41. The maximum atomic E-state index is 13.4. The van der Waals surface area contributed by atoms with Gasteiger partial charge in [-0.3, -0.25) is 9.78 Å². The largest absolute Gasteiger partial charge is 0.383 e. The molecule has 10 heteroatoms. The van der Waals surface area contributed by atoms with E-state index >= 15 is 0 Å². The molecule has 1 aromatic carbocycles. The lowest BCUT2D eigenvalue weighted by Gasteiger charge is -2.42. The zero-order valence-corrected chi connectivity index (χ0v) is 23.1. The van der Waals surface area contributed by atoms with Crippen LogP contribution < -0.4 is 5.73 Å². The number of urea groups is 1. The van der Waals surface area contributed by atoms with Crippen molar-refractivity contribution in [1.82, 2.24) is 29.4 Å². The van der Waals surface area contributed by atoms with Crippen LogP contribution in [-0.2, 0) is 4.74 Å². The van der Waals surface area contributed by atoms with Crippen LogP contribution in [0.2, 0.25) is 0 Å². The van der Waals surface area contributed by atoms with Gasteiger partial charge < -0.3 is 20.3 Å². The molecule has 3 fully saturated rings. The van der Waals surface area contributed by atoms with Crippen molar-refractivity contribution < 1.29 is 14.3 Å². The predicted molar refractivity (Wildman–Crippen MR) is 154 cm³/mol. The van der Waals surface area contributed by atoms with Crippen LogP contribution >= 0.6 is 0 Å². The Morgan fingerprint density at radius 3 is 2.34 bits per heavy atom. The Morgan fingerprint density at radius 2 is 1.68 bits per heavy atom. The van der Waals surface area contributed by atoms with Gasteiger partial charge in [0.1, 0.15) is 5.82 Å². The minimum Gasteiger partial charge on any atom is -0.383 e. The Hall–Kier alpha value is -4.31. The molecule has 2 amide bonds. The lowest BCUT2D eigenvalue weighted by Crippen LogP contribution is -2.54. The molecule has 0 aliphatic carbocycles. The van der Waals surface area contributed by atoms with Crippen LogP contribution in [0, 0.1) is 0 Å². The molecule has 2 N–H and O–H groups in total. The molecule has 3 atom stereocenters. The molecule has 0 saturated carbocycles. The first-order valence-electron chi connectivity index (χ1n) is 14.3. The molecule has 3 aromatic heterocycles. The van der Waals surface area contributed by atoms with Crippen LogP contribution in [-0.4, -0.2) is 79.6 Å². The molecule has 0 radical (unpaired) electrons. The van der Waals surface area contributed by atoms with Crippen molar-refractivity contribution in [2.75, 3.05) is 32.0 Å². The number of nitrogen functional groups attached to an aromatic ring is 1. The first kappa shape index (κ1) is 25.6. The lowest BCUT2D eigenvalue weighted by molar-refractivity contribution is 0.0330. The number of amides is 2. The molecule has 7 rings (SSSR count). The summed E-state index contributed by atoms with van der Waals surface area (Å²) >= 11 is 0. The highest BCUT2D eigenvalue weighted by molar-refractivity contribution is 6.00. The van der Waals surface area contributed by atoms with Crippen molar-refractivity contribution in [3.8, 4) is 22.4 Å². The van der Waals surface area contributed by atoms with Crippen molar-refractivity contribution in [2.24, 2.45) is 0 Å². The summed E-state index contributed by atoms with van der Waals surface area (Å²) in [6, 6.07) is 14.4. The Balaban J connectivity index is 1.23. The number of carbonyl (C=O) groups is 2. The van der Waals surface area contributed by atoms with Gasteiger partial charge in [0.2, 0.25) is 0 Å². The first-order valence-corrected chi connectivity index (χ1v) is 14.3. The van der Waals surface area contributed by atoms with Gasteiger partial charge in [-0.05, 0) is 38.7 Å². The van der Waals surface area contributed by atoms with Gasteiger partial charge in [-0.15, -0.1) is 0 Å². The van der Waals surface area contributed by atoms with Crippen molar-refractivity contribution in [3.05, 3.63) is 66.1 Å². The zero-order chi connectivity index (χ0) is 28.1. The number of benzene rings is 1. The van der Waals surface area contributed by atoms with E-state index < -0.39 is 0 Å². The third-order valence-electron chi connectivity index (χ3n) is 8.83. The third-order valence-corrected chi connectivity index (χ3v) is 8.83. The average molecular weight is 552 g/mol. The number of piperidine rings is 1. The number of fused-ring (bicyclic) bond motifs is 3. The quantitative estimate of drug-likeness (QED) is 0.373. The monoisotopic (exact) mass is 551 g/mol. The second kappa shape index (κ2) is 10.3. The van der Waals surface area contributed by atoms with Gasteiger partial charge in [0.15, 0.2) is 11.4 Å². The van der Waals surface area contributed by atoms with Crippen LogP contribution in [0.5, 0.6) is 0 Å². The number of anilines is 1. The number of nitrogens with zero attached hydrogens (tertiary/aromatic N) is 6. The number of pyridine rings is 1. The number of morpholine rings is 1. The van der Waals surface area contributed by atoms with E-state index in [1.165, 1.54) is 6.92 Å². The van der Waals surface area contributed by atoms with Gasteiger partial charge in [0.05, 0.1) is 36.4 Å². The lowest BCUT2D eigenvalue weighted by atomic mass is 9.85. The van der Waals surface area contributed by atoms with Crippen LogP contribution in [0.1, 0.15) is 54.6 Å². The standard InChI is InChI=1S/C31H33N7O3/c1-19(39)27-28(22-15-23-8-9-24(16-22)37(23)31(40)36-11-13-41-14-12-36)35-30-25(18-34-38(30)29(27)32)21-7-10-26(33-17-21)20-5-3-2-4-6-20/h2-7,10,17-18,22-24H,8-9,11-16,32H2,1H3/t22-,23-,24?/m0/s1. The fraction of sp³-hybridized carbons (Fsp3) is 0.387. The fourth-order valence-electron chi connectivity index (χ4n) is 6.86.